The van der Waals surface area contributed by atoms with Gasteiger partial charge in [-0.25, -0.2) is 0 Å². The zero-order valence-corrected chi connectivity index (χ0v) is 8.27. The molecule has 0 fully saturated rings. The third kappa shape index (κ3) is 1.21. The Morgan fingerprint density at radius 3 is 2.86 bits per heavy atom. The van der Waals surface area contributed by atoms with Crippen molar-refractivity contribution in [3.63, 3.8) is 0 Å². The zero-order valence-electron chi connectivity index (χ0n) is 8.27. The molecule has 72 valence electrons. The van der Waals surface area contributed by atoms with Gasteiger partial charge < -0.3 is 4.79 Å². The molecule has 0 amide bonds. The average molecular weight is 188 g/mol. The smallest absolute Gasteiger partial charge is 0.128 e. The van der Waals surface area contributed by atoms with Crippen LogP contribution in [0.15, 0.2) is 24.3 Å². The van der Waals surface area contributed by atoms with Crippen molar-refractivity contribution < 1.29 is 4.79 Å². The number of fused-ring (bicyclic) bond motifs is 1. The molecule has 0 spiro atoms. The molecule has 1 aromatic carbocycles. The summed E-state index contributed by atoms with van der Waals surface area (Å²) in [5.41, 5.74) is 1.93. The molecule has 0 aliphatic heterocycles. The molecule has 0 N–H and O–H groups in total. The molecule has 1 heterocycles. The van der Waals surface area contributed by atoms with E-state index in [2.05, 4.69) is 5.10 Å². The van der Waals surface area contributed by atoms with E-state index in [0.29, 0.717) is 0 Å². The van der Waals surface area contributed by atoms with Crippen LogP contribution in [0.3, 0.4) is 0 Å². The van der Waals surface area contributed by atoms with Crippen LogP contribution in [-0.4, -0.2) is 16.1 Å². The third-order valence-electron chi connectivity index (χ3n) is 2.42. The predicted octanol–water partition coefficient (Wildman–Crippen LogP) is 1.88. The summed E-state index contributed by atoms with van der Waals surface area (Å²) in [7, 11) is 1.89. The van der Waals surface area contributed by atoms with E-state index in [0.717, 1.165) is 22.9 Å². The highest BCUT2D eigenvalue weighted by molar-refractivity contribution is 5.85. The molecule has 0 aliphatic rings. The minimum atomic E-state index is -0.138. The van der Waals surface area contributed by atoms with E-state index in [1.54, 1.807) is 0 Å². The summed E-state index contributed by atoms with van der Waals surface area (Å²) in [4.78, 5) is 10.7. The van der Waals surface area contributed by atoms with Gasteiger partial charge in [-0.2, -0.15) is 5.10 Å². The van der Waals surface area contributed by atoms with Crippen LogP contribution in [-0.2, 0) is 11.8 Å². The fraction of sp³-hybridized carbons (Fsp3) is 0.273. The number of nitrogens with zero attached hydrogens (tertiary/aromatic N) is 2. The molecule has 2 aromatic rings. The summed E-state index contributed by atoms with van der Waals surface area (Å²) in [6, 6.07) is 7.94. The molecule has 14 heavy (non-hydrogen) atoms. The summed E-state index contributed by atoms with van der Waals surface area (Å²) in [6.45, 7) is 1.86. The standard InChI is InChI=1S/C11H12N2O/c1-8(7-14)11-9-5-3-4-6-10(9)13(2)12-11/h3-8H,1-2H3. The van der Waals surface area contributed by atoms with Crippen molar-refractivity contribution in [2.45, 2.75) is 12.8 Å². The molecular weight excluding hydrogens is 176 g/mol. The fourth-order valence-corrected chi connectivity index (χ4v) is 1.64. The number of carbonyl (C=O) groups is 1. The fourth-order valence-electron chi connectivity index (χ4n) is 1.64. The molecule has 1 unspecified atom stereocenters. The Hall–Kier alpha value is -1.64. The highest BCUT2D eigenvalue weighted by atomic mass is 16.1. The largest absolute Gasteiger partial charge is 0.303 e. The van der Waals surface area contributed by atoms with Gasteiger partial charge in [0.15, 0.2) is 0 Å². The number of hydrogen-bond acceptors (Lipinski definition) is 2. The van der Waals surface area contributed by atoms with Gasteiger partial charge in [-0.05, 0) is 6.07 Å². The second kappa shape index (κ2) is 3.25. The Balaban J connectivity index is 2.72. The lowest BCUT2D eigenvalue weighted by molar-refractivity contribution is -0.108. The zero-order chi connectivity index (χ0) is 10.1. The Labute approximate surface area is 82.3 Å². The molecule has 0 aliphatic carbocycles. The van der Waals surface area contributed by atoms with Crippen molar-refractivity contribution in [1.29, 1.82) is 0 Å². The molecule has 1 aromatic heterocycles. The van der Waals surface area contributed by atoms with E-state index in [1.165, 1.54) is 0 Å². The molecule has 1 atom stereocenters. The molecular formula is C11H12N2O. The van der Waals surface area contributed by atoms with Crippen molar-refractivity contribution in [1.82, 2.24) is 9.78 Å². The van der Waals surface area contributed by atoms with Crippen LogP contribution in [0.1, 0.15) is 18.5 Å². The summed E-state index contributed by atoms with van der Waals surface area (Å²) >= 11 is 0. The average Bonchev–Trinajstić information content (AvgIpc) is 2.56. The Kier molecular flexibility index (Phi) is 2.08. The van der Waals surface area contributed by atoms with Gasteiger partial charge in [-0.3, -0.25) is 4.68 Å². The SMILES string of the molecule is CC(C=O)c1nn(C)c2ccccc12. The van der Waals surface area contributed by atoms with Gasteiger partial charge in [0.25, 0.3) is 0 Å². The Morgan fingerprint density at radius 2 is 2.14 bits per heavy atom. The van der Waals surface area contributed by atoms with Crippen LogP contribution in [0, 0.1) is 0 Å². The summed E-state index contributed by atoms with van der Waals surface area (Å²) in [5.74, 6) is -0.138. The van der Waals surface area contributed by atoms with Crippen molar-refractivity contribution >= 4 is 17.2 Å². The number of para-hydroxylation sites is 1. The highest BCUT2D eigenvalue weighted by Crippen LogP contribution is 2.22. The molecule has 2 rings (SSSR count). The third-order valence-corrected chi connectivity index (χ3v) is 2.42. The van der Waals surface area contributed by atoms with E-state index in [1.807, 2.05) is 42.9 Å². The monoisotopic (exact) mass is 188 g/mol. The van der Waals surface area contributed by atoms with Gasteiger partial charge in [0, 0.05) is 12.4 Å². The van der Waals surface area contributed by atoms with Gasteiger partial charge in [-0.15, -0.1) is 0 Å². The van der Waals surface area contributed by atoms with Gasteiger partial charge in [-0.1, -0.05) is 25.1 Å². The van der Waals surface area contributed by atoms with E-state index in [-0.39, 0.29) is 5.92 Å². The number of benzene rings is 1. The van der Waals surface area contributed by atoms with Crippen molar-refractivity contribution in [2.75, 3.05) is 0 Å². The second-order valence-electron chi connectivity index (χ2n) is 3.45. The topological polar surface area (TPSA) is 34.9 Å². The highest BCUT2D eigenvalue weighted by Gasteiger charge is 2.13. The normalized spacial score (nSPS) is 13.0. The first-order chi connectivity index (χ1) is 6.74. The minimum Gasteiger partial charge on any atom is -0.303 e. The lowest BCUT2D eigenvalue weighted by Crippen LogP contribution is -1.97. The minimum absolute atomic E-state index is 0.138. The number of aryl methyl sites for hydroxylation is 1. The Bertz CT molecular complexity index is 473. The maximum Gasteiger partial charge on any atom is 0.128 e. The predicted molar refractivity (Wildman–Crippen MR) is 55.2 cm³/mol. The van der Waals surface area contributed by atoms with Gasteiger partial charge in [0.05, 0.1) is 17.1 Å². The van der Waals surface area contributed by atoms with Crippen LogP contribution >= 0.6 is 0 Å². The number of aromatic nitrogens is 2. The number of hydrogen-bond donors (Lipinski definition) is 0. The quantitative estimate of drug-likeness (QED) is 0.674. The maximum absolute atomic E-state index is 10.7. The van der Waals surface area contributed by atoms with E-state index in [9.17, 15) is 4.79 Å². The van der Waals surface area contributed by atoms with E-state index < -0.39 is 0 Å². The first-order valence-corrected chi connectivity index (χ1v) is 4.61. The molecule has 0 saturated carbocycles. The van der Waals surface area contributed by atoms with E-state index in [4.69, 9.17) is 0 Å². The van der Waals surface area contributed by atoms with Crippen molar-refractivity contribution in [3.05, 3.63) is 30.0 Å². The summed E-state index contributed by atoms with van der Waals surface area (Å²) in [6.07, 6.45) is 0.925. The van der Waals surface area contributed by atoms with Crippen LogP contribution < -0.4 is 0 Å². The van der Waals surface area contributed by atoms with Crippen LogP contribution in [0.4, 0.5) is 0 Å². The number of rotatable bonds is 2. The first kappa shape index (κ1) is 8.94. The van der Waals surface area contributed by atoms with Gasteiger partial charge >= 0.3 is 0 Å². The lowest BCUT2D eigenvalue weighted by Gasteiger charge is -1.97. The number of carbonyl (C=O) groups excluding carboxylic acids is 1. The number of aldehydes is 1. The first-order valence-electron chi connectivity index (χ1n) is 4.61. The molecule has 3 nitrogen and oxygen atoms in total. The van der Waals surface area contributed by atoms with Crippen LogP contribution in [0.2, 0.25) is 0 Å². The molecule has 0 saturated heterocycles. The lowest BCUT2D eigenvalue weighted by atomic mass is 10.1. The van der Waals surface area contributed by atoms with E-state index >= 15 is 0 Å². The van der Waals surface area contributed by atoms with Crippen molar-refractivity contribution in [2.24, 2.45) is 7.05 Å². The van der Waals surface area contributed by atoms with Gasteiger partial charge in [0.1, 0.15) is 6.29 Å². The maximum atomic E-state index is 10.7. The summed E-state index contributed by atoms with van der Waals surface area (Å²) in [5, 5.41) is 5.41. The second-order valence-corrected chi connectivity index (χ2v) is 3.45. The Morgan fingerprint density at radius 1 is 1.43 bits per heavy atom. The van der Waals surface area contributed by atoms with Crippen LogP contribution in [0.25, 0.3) is 10.9 Å². The molecule has 0 bridgehead atoms. The van der Waals surface area contributed by atoms with Crippen molar-refractivity contribution in [3.8, 4) is 0 Å². The van der Waals surface area contributed by atoms with Crippen LogP contribution in [0.5, 0.6) is 0 Å². The molecule has 3 heteroatoms. The molecule has 0 radical (unpaired) electrons. The van der Waals surface area contributed by atoms with Gasteiger partial charge in [0.2, 0.25) is 0 Å². The summed E-state index contributed by atoms with van der Waals surface area (Å²) < 4.78 is 1.81.